The molecule has 0 unspecified atom stereocenters. The summed E-state index contributed by atoms with van der Waals surface area (Å²) in [5.41, 5.74) is 2.39. The largest absolute Gasteiger partial charge is 0.348 e. The summed E-state index contributed by atoms with van der Waals surface area (Å²) < 4.78 is 3.18. The number of nitrogens with one attached hydrogen (secondary N) is 1. The Labute approximate surface area is 116 Å². The molecule has 18 heavy (non-hydrogen) atoms. The van der Waals surface area contributed by atoms with Gasteiger partial charge in [-0.05, 0) is 52.7 Å². The molecule has 1 N–H and O–H groups in total. The second-order valence-corrected chi connectivity index (χ2v) is 5.25. The Balaban J connectivity index is 1.91. The number of nitrogens with zero attached hydrogens (tertiary/aromatic N) is 2. The molecular formula is C14H18BrN3. The Morgan fingerprint density at radius 1 is 1.33 bits per heavy atom. The van der Waals surface area contributed by atoms with E-state index in [1.54, 1.807) is 0 Å². The maximum Gasteiger partial charge on any atom is 0.0642 e. The Hall–Kier alpha value is -1.13. The maximum atomic E-state index is 4.37. The lowest BCUT2D eigenvalue weighted by molar-refractivity contribution is 0.673. The third kappa shape index (κ3) is 3.96. The molecule has 4 heteroatoms. The van der Waals surface area contributed by atoms with Crippen molar-refractivity contribution in [2.75, 3.05) is 6.54 Å². The first-order chi connectivity index (χ1) is 8.78. The van der Waals surface area contributed by atoms with Gasteiger partial charge in [-0.3, -0.25) is 4.98 Å². The number of halogens is 1. The van der Waals surface area contributed by atoms with E-state index >= 15 is 0 Å². The zero-order valence-electron chi connectivity index (χ0n) is 10.6. The SMILES string of the molecule is CCCNCc1ccn(Cc2ccc(Br)cn2)c1. The van der Waals surface area contributed by atoms with Gasteiger partial charge in [0.25, 0.3) is 0 Å². The van der Waals surface area contributed by atoms with E-state index < -0.39 is 0 Å². The van der Waals surface area contributed by atoms with Gasteiger partial charge in [-0.15, -0.1) is 0 Å². The van der Waals surface area contributed by atoms with Crippen LogP contribution in [0.15, 0.2) is 41.3 Å². The highest BCUT2D eigenvalue weighted by Gasteiger charge is 1.99. The van der Waals surface area contributed by atoms with Crippen LogP contribution in [-0.2, 0) is 13.1 Å². The minimum absolute atomic E-state index is 0.820. The predicted molar refractivity (Wildman–Crippen MR) is 77.5 cm³/mol. The van der Waals surface area contributed by atoms with Crippen molar-refractivity contribution in [1.82, 2.24) is 14.9 Å². The Bertz CT molecular complexity index is 476. The molecule has 96 valence electrons. The van der Waals surface area contributed by atoms with Crippen LogP contribution in [0.1, 0.15) is 24.6 Å². The van der Waals surface area contributed by atoms with Gasteiger partial charge in [-0.25, -0.2) is 0 Å². The van der Waals surface area contributed by atoms with E-state index in [1.165, 1.54) is 12.0 Å². The third-order valence-electron chi connectivity index (χ3n) is 2.70. The summed E-state index contributed by atoms with van der Waals surface area (Å²) in [5.74, 6) is 0. The Morgan fingerprint density at radius 3 is 2.94 bits per heavy atom. The Kier molecular flexibility index (Phi) is 4.96. The summed E-state index contributed by atoms with van der Waals surface area (Å²) in [5, 5.41) is 3.40. The van der Waals surface area contributed by atoms with Crippen LogP contribution in [0, 0.1) is 0 Å². The van der Waals surface area contributed by atoms with Crippen molar-refractivity contribution in [3.63, 3.8) is 0 Å². The van der Waals surface area contributed by atoms with Crippen molar-refractivity contribution in [3.05, 3.63) is 52.5 Å². The van der Waals surface area contributed by atoms with Crippen molar-refractivity contribution < 1.29 is 0 Å². The van der Waals surface area contributed by atoms with E-state index in [9.17, 15) is 0 Å². The first kappa shape index (κ1) is 13.3. The van der Waals surface area contributed by atoms with Crippen molar-refractivity contribution >= 4 is 15.9 Å². The van der Waals surface area contributed by atoms with Crippen molar-refractivity contribution in [2.24, 2.45) is 0 Å². The zero-order chi connectivity index (χ0) is 12.8. The fourth-order valence-corrected chi connectivity index (χ4v) is 2.02. The number of hydrogen-bond donors (Lipinski definition) is 1. The molecule has 0 aliphatic rings. The molecule has 2 aromatic heterocycles. The van der Waals surface area contributed by atoms with Gasteiger partial charge in [-0.2, -0.15) is 0 Å². The fourth-order valence-electron chi connectivity index (χ4n) is 1.79. The first-order valence-corrected chi connectivity index (χ1v) is 7.03. The highest BCUT2D eigenvalue weighted by molar-refractivity contribution is 9.10. The van der Waals surface area contributed by atoms with Crippen LogP contribution in [0.4, 0.5) is 0 Å². The number of aromatic nitrogens is 2. The normalized spacial score (nSPS) is 10.8. The van der Waals surface area contributed by atoms with Gasteiger partial charge >= 0.3 is 0 Å². The summed E-state index contributed by atoms with van der Waals surface area (Å²) in [7, 11) is 0. The van der Waals surface area contributed by atoms with Crippen molar-refractivity contribution in [2.45, 2.75) is 26.4 Å². The van der Waals surface area contributed by atoms with E-state index in [1.807, 2.05) is 18.3 Å². The van der Waals surface area contributed by atoms with Crippen LogP contribution >= 0.6 is 15.9 Å². The molecule has 0 bridgehead atoms. The topological polar surface area (TPSA) is 29.9 Å². The molecule has 0 saturated carbocycles. The highest BCUT2D eigenvalue weighted by atomic mass is 79.9. The van der Waals surface area contributed by atoms with Gasteiger partial charge < -0.3 is 9.88 Å². The van der Waals surface area contributed by atoms with Crippen LogP contribution in [0.3, 0.4) is 0 Å². The quantitative estimate of drug-likeness (QED) is 0.831. The average molecular weight is 308 g/mol. The molecule has 0 aliphatic heterocycles. The predicted octanol–water partition coefficient (Wildman–Crippen LogP) is 3.19. The van der Waals surface area contributed by atoms with Crippen LogP contribution in [0.25, 0.3) is 0 Å². The molecule has 2 rings (SSSR count). The second-order valence-electron chi connectivity index (χ2n) is 4.34. The molecule has 0 amide bonds. The second kappa shape index (κ2) is 6.71. The van der Waals surface area contributed by atoms with Crippen molar-refractivity contribution in [1.29, 1.82) is 0 Å². The van der Waals surface area contributed by atoms with E-state index in [0.29, 0.717) is 0 Å². The molecule has 0 saturated heterocycles. The molecule has 0 spiro atoms. The molecule has 3 nitrogen and oxygen atoms in total. The summed E-state index contributed by atoms with van der Waals surface area (Å²) in [4.78, 5) is 4.37. The molecule has 0 aliphatic carbocycles. The minimum atomic E-state index is 0.820. The van der Waals surface area contributed by atoms with Gasteiger partial charge in [-0.1, -0.05) is 6.92 Å². The smallest absolute Gasteiger partial charge is 0.0642 e. The van der Waals surface area contributed by atoms with Crippen LogP contribution < -0.4 is 5.32 Å². The van der Waals surface area contributed by atoms with Crippen LogP contribution in [0.2, 0.25) is 0 Å². The minimum Gasteiger partial charge on any atom is -0.348 e. The lowest BCUT2D eigenvalue weighted by Gasteiger charge is -2.03. The van der Waals surface area contributed by atoms with E-state index in [4.69, 9.17) is 0 Å². The van der Waals surface area contributed by atoms with Gasteiger partial charge in [0, 0.05) is 29.6 Å². The molecule has 0 aromatic carbocycles. The number of pyridine rings is 1. The number of hydrogen-bond acceptors (Lipinski definition) is 2. The van der Waals surface area contributed by atoms with Crippen molar-refractivity contribution in [3.8, 4) is 0 Å². The maximum absolute atomic E-state index is 4.37. The van der Waals surface area contributed by atoms with E-state index in [0.717, 1.165) is 29.8 Å². The molecule has 0 atom stereocenters. The van der Waals surface area contributed by atoms with Gasteiger partial charge in [0.15, 0.2) is 0 Å². The van der Waals surface area contributed by atoms with Gasteiger partial charge in [0.1, 0.15) is 0 Å². The standard InChI is InChI=1S/C14H18BrN3/c1-2-6-16-8-12-5-7-18(10-12)11-14-4-3-13(15)9-17-14/h3-5,7,9-10,16H,2,6,8,11H2,1H3. The highest BCUT2D eigenvalue weighted by Crippen LogP contribution is 2.09. The monoisotopic (exact) mass is 307 g/mol. The molecular weight excluding hydrogens is 290 g/mol. The van der Waals surface area contributed by atoms with Gasteiger partial charge in [0.2, 0.25) is 0 Å². The van der Waals surface area contributed by atoms with E-state index in [-0.39, 0.29) is 0 Å². The Morgan fingerprint density at radius 2 is 2.22 bits per heavy atom. The average Bonchev–Trinajstić information content (AvgIpc) is 2.80. The zero-order valence-corrected chi connectivity index (χ0v) is 12.2. The molecule has 0 radical (unpaired) electrons. The molecule has 0 fully saturated rings. The summed E-state index contributed by atoms with van der Waals surface area (Å²) in [6.45, 7) is 5.01. The lowest BCUT2D eigenvalue weighted by atomic mass is 10.3. The fraction of sp³-hybridized carbons (Fsp3) is 0.357. The number of rotatable bonds is 6. The summed E-state index contributed by atoms with van der Waals surface area (Å²) in [6.07, 6.45) is 7.28. The van der Waals surface area contributed by atoms with Crippen LogP contribution in [-0.4, -0.2) is 16.1 Å². The first-order valence-electron chi connectivity index (χ1n) is 6.23. The van der Waals surface area contributed by atoms with E-state index in [2.05, 4.69) is 56.2 Å². The molecule has 2 aromatic rings. The summed E-state index contributed by atoms with van der Waals surface area (Å²) in [6, 6.07) is 6.22. The lowest BCUT2D eigenvalue weighted by Crippen LogP contribution is -2.13. The summed E-state index contributed by atoms with van der Waals surface area (Å²) >= 11 is 3.39. The van der Waals surface area contributed by atoms with Gasteiger partial charge in [0.05, 0.1) is 12.2 Å². The van der Waals surface area contributed by atoms with Crippen LogP contribution in [0.5, 0.6) is 0 Å². The molecule has 2 heterocycles. The third-order valence-corrected chi connectivity index (χ3v) is 3.17.